The van der Waals surface area contributed by atoms with Crippen molar-refractivity contribution in [1.29, 1.82) is 0 Å². The molecule has 0 saturated carbocycles. The molecule has 0 fully saturated rings. The van der Waals surface area contributed by atoms with Gasteiger partial charge >= 0.3 is 0 Å². The second kappa shape index (κ2) is 5.30. The molecule has 0 aliphatic carbocycles. The predicted molar refractivity (Wildman–Crippen MR) is 80.0 cm³/mol. The third-order valence-electron chi connectivity index (χ3n) is 3.48. The number of nitrogens with zero attached hydrogens (tertiary/aromatic N) is 2. The summed E-state index contributed by atoms with van der Waals surface area (Å²) < 4.78 is 0. The third-order valence-corrected chi connectivity index (χ3v) is 3.85. The predicted octanol–water partition coefficient (Wildman–Crippen LogP) is 4.26. The van der Waals surface area contributed by atoms with Crippen LogP contribution in [0.5, 0.6) is 0 Å². The normalized spacial score (nSPS) is 10.8. The van der Waals surface area contributed by atoms with Crippen LogP contribution in [0.4, 0.5) is 0 Å². The van der Waals surface area contributed by atoms with Crippen LogP contribution in [0.3, 0.4) is 0 Å². The summed E-state index contributed by atoms with van der Waals surface area (Å²) >= 11 is 6.14. The van der Waals surface area contributed by atoms with Crippen molar-refractivity contribution in [3.8, 4) is 0 Å². The lowest BCUT2D eigenvalue weighted by Gasteiger charge is -2.13. The molecule has 0 unspecified atom stereocenters. The molecule has 0 aliphatic heterocycles. The van der Waals surface area contributed by atoms with Crippen LogP contribution in [-0.2, 0) is 6.42 Å². The van der Waals surface area contributed by atoms with Gasteiger partial charge in [0.25, 0.3) is 0 Å². The molecular formula is C16H19ClN2. The Morgan fingerprint density at radius 3 is 2.11 bits per heavy atom. The van der Waals surface area contributed by atoms with Crippen molar-refractivity contribution in [2.24, 2.45) is 0 Å². The molecule has 1 aromatic carbocycles. The molecule has 0 N–H and O–H groups in total. The van der Waals surface area contributed by atoms with E-state index in [0.717, 1.165) is 23.5 Å². The minimum atomic E-state index is 0.560. The van der Waals surface area contributed by atoms with Crippen molar-refractivity contribution in [2.75, 3.05) is 0 Å². The lowest BCUT2D eigenvalue weighted by molar-refractivity contribution is 0.934. The van der Waals surface area contributed by atoms with Crippen LogP contribution in [0.1, 0.15) is 39.3 Å². The summed E-state index contributed by atoms with van der Waals surface area (Å²) in [6.45, 7) is 10.3. The van der Waals surface area contributed by atoms with Gasteiger partial charge in [-0.2, -0.15) is 0 Å². The van der Waals surface area contributed by atoms with E-state index in [0.29, 0.717) is 5.15 Å². The topological polar surface area (TPSA) is 25.8 Å². The van der Waals surface area contributed by atoms with E-state index in [9.17, 15) is 0 Å². The Kier molecular flexibility index (Phi) is 3.91. The number of aryl methyl sites for hydroxylation is 4. The van der Waals surface area contributed by atoms with Gasteiger partial charge in [0.05, 0.1) is 5.69 Å². The molecule has 100 valence electrons. The summed E-state index contributed by atoms with van der Waals surface area (Å²) in [6.07, 6.45) is 0.812. The minimum Gasteiger partial charge on any atom is -0.238 e. The fourth-order valence-electron chi connectivity index (χ4n) is 2.48. The van der Waals surface area contributed by atoms with Gasteiger partial charge < -0.3 is 0 Å². The van der Waals surface area contributed by atoms with Gasteiger partial charge in [-0.3, -0.25) is 0 Å². The summed E-state index contributed by atoms with van der Waals surface area (Å²) in [4.78, 5) is 8.73. The Hall–Kier alpha value is -1.41. The number of aromatic nitrogens is 2. The van der Waals surface area contributed by atoms with E-state index in [1.54, 1.807) is 0 Å². The molecule has 0 radical (unpaired) electrons. The number of rotatable bonds is 2. The van der Waals surface area contributed by atoms with Gasteiger partial charge in [-0.15, -0.1) is 0 Å². The quantitative estimate of drug-likeness (QED) is 0.765. The van der Waals surface area contributed by atoms with Gasteiger partial charge in [-0.25, -0.2) is 9.97 Å². The standard InChI is InChI=1S/C16H19ClN2/c1-9-6-10(2)14(11(3)7-9)8-15-12(4)16(17)19-13(5)18-15/h6-7H,8H2,1-5H3. The Morgan fingerprint density at radius 1 is 0.947 bits per heavy atom. The molecule has 0 aliphatic rings. The maximum Gasteiger partial charge on any atom is 0.135 e. The monoisotopic (exact) mass is 274 g/mol. The highest BCUT2D eigenvalue weighted by Gasteiger charge is 2.11. The van der Waals surface area contributed by atoms with E-state index in [2.05, 4.69) is 42.9 Å². The van der Waals surface area contributed by atoms with E-state index in [4.69, 9.17) is 11.6 Å². The van der Waals surface area contributed by atoms with E-state index < -0.39 is 0 Å². The molecule has 2 nitrogen and oxygen atoms in total. The fourth-order valence-corrected chi connectivity index (χ4v) is 2.71. The van der Waals surface area contributed by atoms with E-state index >= 15 is 0 Å². The minimum absolute atomic E-state index is 0.560. The molecule has 1 heterocycles. The molecule has 2 aromatic rings. The molecular weight excluding hydrogens is 256 g/mol. The van der Waals surface area contributed by atoms with Crippen molar-refractivity contribution < 1.29 is 0 Å². The second-order valence-corrected chi connectivity index (χ2v) is 5.55. The van der Waals surface area contributed by atoms with Crippen molar-refractivity contribution >= 4 is 11.6 Å². The van der Waals surface area contributed by atoms with Crippen LogP contribution in [0.2, 0.25) is 5.15 Å². The number of benzene rings is 1. The molecule has 2 rings (SSSR count). The Morgan fingerprint density at radius 2 is 1.53 bits per heavy atom. The van der Waals surface area contributed by atoms with Crippen LogP contribution < -0.4 is 0 Å². The van der Waals surface area contributed by atoms with Gasteiger partial charge in [0.15, 0.2) is 0 Å². The molecule has 0 saturated heterocycles. The van der Waals surface area contributed by atoms with Gasteiger partial charge in [-0.1, -0.05) is 29.3 Å². The highest BCUT2D eigenvalue weighted by molar-refractivity contribution is 6.30. The van der Waals surface area contributed by atoms with Crippen molar-refractivity contribution in [3.63, 3.8) is 0 Å². The zero-order valence-electron chi connectivity index (χ0n) is 12.1. The first-order valence-electron chi connectivity index (χ1n) is 6.45. The average Bonchev–Trinajstić information content (AvgIpc) is 2.29. The summed E-state index contributed by atoms with van der Waals surface area (Å²) in [6, 6.07) is 4.43. The molecule has 0 amide bonds. The Labute approximate surface area is 119 Å². The molecule has 1 aromatic heterocycles. The van der Waals surface area contributed by atoms with Crippen LogP contribution in [-0.4, -0.2) is 9.97 Å². The zero-order valence-corrected chi connectivity index (χ0v) is 12.9. The number of hydrogen-bond acceptors (Lipinski definition) is 2. The van der Waals surface area contributed by atoms with E-state index in [1.165, 1.54) is 22.3 Å². The molecule has 3 heteroatoms. The van der Waals surface area contributed by atoms with Crippen LogP contribution in [0.25, 0.3) is 0 Å². The van der Waals surface area contributed by atoms with Gasteiger partial charge in [0.2, 0.25) is 0 Å². The fraction of sp³-hybridized carbons (Fsp3) is 0.375. The molecule has 0 bridgehead atoms. The Balaban J connectivity index is 2.48. The summed E-state index contributed by atoms with van der Waals surface area (Å²) in [5.74, 6) is 0.730. The van der Waals surface area contributed by atoms with E-state index in [-0.39, 0.29) is 0 Å². The first kappa shape index (κ1) is 14.0. The first-order chi connectivity index (χ1) is 8.88. The van der Waals surface area contributed by atoms with Crippen LogP contribution in [0.15, 0.2) is 12.1 Å². The van der Waals surface area contributed by atoms with Crippen molar-refractivity contribution in [3.05, 3.63) is 56.6 Å². The SMILES string of the molecule is Cc1cc(C)c(Cc2nc(C)nc(Cl)c2C)c(C)c1. The maximum absolute atomic E-state index is 6.14. The summed E-state index contributed by atoms with van der Waals surface area (Å²) in [5.41, 5.74) is 7.25. The van der Waals surface area contributed by atoms with Crippen LogP contribution in [0, 0.1) is 34.6 Å². The lowest BCUT2D eigenvalue weighted by Crippen LogP contribution is -2.04. The van der Waals surface area contributed by atoms with Crippen molar-refractivity contribution in [2.45, 2.75) is 41.0 Å². The van der Waals surface area contributed by atoms with E-state index in [1.807, 2.05) is 13.8 Å². The van der Waals surface area contributed by atoms with Crippen LogP contribution >= 0.6 is 11.6 Å². The summed E-state index contributed by atoms with van der Waals surface area (Å²) in [7, 11) is 0. The maximum atomic E-state index is 6.14. The molecule has 19 heavy (non-hydrogen) atoms. The smallest absolute Gasteiger partial charge is 0.135 e. The summed E-state index contributed by atoms with van der Waals surface area (Å²) in [5, 5.41) is 0.560. The zero-order chi connectivity index (χ0) is 14.2. The van der Waals surface area contributed by atoms with Gasteiger partial charge in [-0.05, 0) is 51.3 Å². The van der Waals surface area contributed by atoms with Gasteiger partial charge in [0, 0.05) is 12.0 Å². The number of halogens is 1. The van der Waals surface area contributed by atoms with Crippen molar-refractivity contribution in [1.82, 2.24) is 9.97 Å². The third kappa shape index (κ3) is 2.95. The molecule has 0 spiro atoms. The first-order valence-corrected chi connectivity index (χ1v) is 6.82. The Bertz CT molecular complexity index is 610. The largest absolute Gasteiger partial charge is 0.238 e. The highest BCUT2D eigenvalue weighted by Crippen LogP contribution is 2.23. The average molecular weight is 275 g/mol. The molecule has 0 atom stereocenters. The van der Waals surface area contributed by atoms with Gasteiger partial charge in [0.1, 0.15) is 11.0 Å². The second-order valence-electron chi connectivity index (χ2n) is 5.19. The highest BCUT2D eigenvalue weighted by atomic mass is 35.5. The number of hydrogen-bond donors (Lipinski definition) is 0. The lowest BCUT2D eigenvalue weighted by atomic mass is 9.95.